The Morgan fingerprint density at radius 1 is 1.09 bits per heavy atom. The topological polar surface area (TPSA) is 32.7 Å². The Hall–Kier alpha value is -1.84. The average molecular weight is 313 g/mol. The van der Waals surface area contributed by atoms with Gasteiger partial charge in [0.25, 0.3) is 0 Å². The van der Waals surface area contributed by atoms with E-state index in [9.17, 15) is 5.11 Å². The molecule has 0 unspecified atom stereocenters. The lowest BCUT2D eigenvalue weighted by atomic mass is 9.75. The van der Waals surface area contributed by atoms with Crippen LogP contribution in [0.25, 0.3) is 0 Å². The van der Waals surface area contributed by atoms with Gasteiger partial charge >= 0.3 is 0 Å². The van der Waals surface area contributed by atoms with E-state index in [-0.39, 0.29) is 5.92 Å². The van der Waals surface area contributed by atoms with E-state index >= 15 is 0 Å². The quantitative estimate of drug-likeness (QED) is 0.887. The van der Waals surface area contributed by atoms with Gasteiger partial charge in [0.2, 0.25) is 0 Å². The van der Waals surface area contributed by atoms with Crippen molar-refractivity contribution in [3.05, 3.63) is 65.2 Å². The maximum Gasteiger partial charge on any atom is 0.119 e. The van der Waals surface area contributed by atoms with E-state index in [1.165, 1.54) is 0 Å². The van der Waals surface area contributed by atoms with Gasteiger partial charge in [0.15, 0.2) is 0 Å². The van der Waals surface area contributed by atoms with Gasteiger partial charge < -0.3 is 14.7 Å². The van der Waals surface area contributed by atoms with E-state index in [1.54, 1.807) is 7.11 Å². The van der Waals surface area contributed by atoms with Crippen molar-refractivity contribution < 1.29 is 9.84 Å². The van der Waals surface area contributed by atoms with Crippen LogP contribution in [0.1, 0.15) is 23.6 Å². The molecule has 0 amide bonds. The molecule has 0 fully saturated rings. The predicted octanol–water partition coefficient (Wildman–Crippen LogP) is 3.44. The molecule has 0 aliphatic heterocycles. The van der Waals surface area contributed by atoms with Crippen LogP contribution >= 0.6 is 0 Å². The smallest absolute Gasteiger partial charge is 0.119 e. The summed E-state index contributed by atoms with van der Waals surface area (Å²) < 4.78 is 5.25. The van der Waals surface area contributed by atoms with Crippen LogP contribution in [0.3, 0.4) is 0 Å². The van der Waals surface area contributed by atoms with Crippen molar-refractivity contribution in [3.8, 4) is 5.75 Å². The number of ether oxygens (including phenoxy) is 1. The second-order valence-electron chi connectivity index (χ2n) is 6.47. The monoisotopic (exact) mass is 313 g/mol. The summed E-state index contributed by atoms with van der Waals surface area (Å²) in [5, 5.41) is 11.7. The van der Waals surface area contributed by atoms with Crippen molar-refractivity contribution in [1.82, 2.24) is 4.90 Å². The molecule has 0 radical (unpaired) electrons. The van der Waals surface area contributed by atoms with E-state index < -0.39 is 5.60 Å². The van der Waals surface area contributed by atoms with Crippen LogP contribution in [0, 0.1) is 12.8 Å². The molecule has 0 aromatic heterocycles. The van der Waals surface area contributed by atoms with Gasteiger partial charge in [-0.15, -0.1) is 0 Å². The summed E-state index contributed by atoms with van der Waals surface area (Å²) in [6.45, 7) is 4.93. The summed E-state index contributed by atoms with van der Waals surface area (Å²) in [5.41, 5.74) is 1.90. The highest BCUT2D eigenvalue weighted by atomic mass is 16.5. The molecular formula is C20H27NO2. The fourth-order valence-electron chi connectivity index (χ4n) is 3.23. The van der Waals surface area contributed by atoms with Crippen LogP contribution in [0.5, 0.6) is 5.75 Å². The fourth-order valence-corrected chi connectivity index (χ4v) is 3.23. The van der Waals surface area contributed by atoms with E-state index in [0.717, 1.165) is 29.0 Å². The van der Waals surface area contributed by atoms with Crippen LogP contribution in [-0.4, -0.2) is 37.8 Å². The molecule has 0 heterocycles. The van der Waals surface area contributed by atoms with E-state index in [1.807, 2.05) is 69.6 Å². The highest BCUT2D eigenvalue weighted by Gasteiger charge is 2.38. The maximum absolute atomic E-state index is 11.7. The van der Waals surface area contributed by atoms with Gasteiger partial charge in [-0.3, -0.25) is 0 Å². The third-order valence-electron chi connectivity index (χ3n) is 4.44. The molecular weight excluding hydrogens is 286 g/mol. The van der Waals surface area contributed by atoms with Gasteiger partial charge in [0, 0.05) is 12.5 Å². The van der Waals surface area contributed by atoms with E-state index in [0.29, 0.717) is 0 Å². The summed E-state index contributed by atoms with van der Waals surface area (Å²) in [4.78, 5) is 2.11. The van der Waals surface area contributed by atoms with Crippen molar-refractivity contribution in [2.24, 2.45) is 5.92 Å². The minimum atomic E-state index is -1.04. The normalized spacial score (nSPS) is 15.3. The molecule has 2 rings (SSSR count). The van der Waals surface area contributed by atoms with Crippen molar-refractivity contribution in [2.75, 3.05) is 27.7 Å². The van der Waals surface area contributed by atoms with Crippen molar-refractivity contribution >= 4 is 0 Å². The Labute approximate surface area is 139 Å². The third kappa shape index (κ3) is 3.57. The summed E-state index contributed by atoms with van der Waals surface area (Å²) in [7, 11) is 5.71. The van der Waals surface area contributed by atoms with Crippen molar-refractivity contribution in [2.45, 2.75) is 19.4 Å². The van der Waals surface area contributed by atoms with Crippen LogP contribution in [0.15, 0.2) is 48.5 Å². The SMILES string of the molecule is COc1ccc([C@@](O)(c2ccccc2C)[C@H](C)CN(C)C)cc1. The van der Waals surface area contributed by atoms with Crippen molar-refractivity contribution in [1.29, 1.82) is 0 Å². The number of nitrogens with zero attached hydrogens (tertiary/aromatic N) is 1. The Kier molecular flexibility index (Phi) is 5.45. The lowest BCUT2D eigenvalue weighted by Crippen LogP contribution is -2.40. The van der Waals surface area contributed by atoms with Crippen LogP contribution in [0.2, 0.25) is 0 Å². The Morgan fingerprint density at radius 2 is 1.70 bits per heavy atom. The molecule has 0 saturated heterocycles. The first-order valence-corrected chi connectivity index (χ1v) is 7.97. The molecule has 2 aromatic carbocycles. The number of methoxy groups -OCH3 is 1. The second kappa shape index (κ2) is 7.16. The number of rotatable bonds is 6. The molecule has 23 heavy (non-hydrogen) atoms. The zero-order valence-corrected chi connectivity index (χ0v) is 14.7. The minimum absolute atomic E-state index is 0.0343. The Balaban J connectivity index is 2.56. The predicted molar refractivity (Wildman–Crippen MR) is 94.9 cm³/mol. The molecule has 0 saturated carbocycles. The number of benzene rings is 2. The molecule has 1 N–H and O–H groups in total. The number of hydrogen-bond donors (Lipinski definition) is 1. The Bertz CT molecular complexity index is 636. The lowest BCUT2D eigenvalue weighted by Gasteiger charge is -2.37. The van der Waals surface area contributed by atoms with Gasteiger partial charge in [-0.2, -0.15) is 0 Å². The van der Waals surface area contributed by atoms with Gasteiger partial charge in [-0.1, -0.05) is 43.3 Å². The first kappa shape index (κ1) is 17.5. The molecule has 0 aliphatic carbocycles. The first-order chi connectivity index (χ1) is 10.9. The molecule has 0 aliphatic rings. The molecule has 2 aromatic rings. The molecule has 3 heteroatoms. The summed E-state index contributed by atoms with van der Waals surface area (Å²) in [6, 6.07) is 15.8. The largest absolute Gasteiger partial charge is 0.497 e. The summed E-state index contributed by atoms with van der Waals surface area (Å²) in [6.07, 6.45) is 0. The van der Waals surface area contributed by atoms with Gasteiger partial charge in [0.05, 0.1) is 7.11 Å². The number of hydrogen-bond acceptors (Lipinski definition) is 3. The fraction of sp³-hybridized carbons (Fsp3) is 0.400. The third-order valence-corrected chi connectivity index (χ3v) is 4.44. The van der Waals surface area contributed by atoms with E-state index in [4.69, 9.17) is 4.74 Å². The van der Waals surface area contributed by atoms with Crippen LogP contribution < -0.4 is 4.74 Å². The van der Waals surface area contributed by atoms with Crippen molar-refractivity contribution in [3.63, 3.8) is 0 Å². The zero-order chi connectivity index (χ0) is 17.0. The lowest BCUT2D eigenvalue weighted by molar-refractivity contribution is 0.0129. The standard InChI is InChI=1S/C20H27NO2/c1-15-8-6-7-9-19(15)20(22,16(2)14-21(3)4)17-10-12-18(23-5)13-11-17/h6-13,16,22H,14H2,1-5H3/t16-,20-/m1/s1. The highest BCUT2D eigenvalue weighted by Crippen LogP contribution is 2.39. The highest BCUT2D eigenvalue weighted by molar-refractivity contribution is 5.43. The van der Waals surface area contributed by atoms with Crippen LogP contribution in [-0.2, 0) is 5.60 Å². The summed E-state index contributed by atoms with van der Waals surface area (Å²) in [5.74, 6) is 0.827. The van der Waals surface area contributed by atoms with E-state index in [2.05, 4.69) is 11.8 Å². The molecule has 0 spiro atoms. The molecule has 2 atom stereocenters. The minimum Gasteiger partial charge on any atom is -0.497 e. The number of aliphatic hydroxyl groups is 1. The Morgan fingerprint density at radius 3 is 2.22 bits per heavy atom. The van der Waals surface area contributed by atoms with Gasteiger partial charge in [0.1, 0.15) is 11.4 Å². The second-order valence-corrected chi connectivity index (χ2v) is 6.47. The maximum atomic E-state index is 11.7. The molecule has 124 valence electrons. The molecule has 3 nitrogen and oxygen atoms in total. The van der Waals surface area contributed by atoms with Gasteiger partial charge in [-0.25, -0.2) is 0 Å². The average Bonchev–Trinajstić information content (AvgIpc) is 2.54. The van der Waals surface area contributed by atoms with Crippen LogP contribution in [0.4, 0.5) is 0 Å². The zero-order valence-electron chi connectivity index (χ0n) is 14.7. The number of aryl methyl sites for hydroxylation is 1. The molecule has 0 bridgehead atoms. The summed E-state index contributed by atoms with van der Waals surface area (Å²) >= 11 is 0. The first-order valence-electron chi connectivity index (χ1n) is 7.97. The van der Waals surface area contributed by atoms with Gasteiger partial charge in [-0.05, 0) is 49.8 Å².